The number of rotatable bonds is 3. The third kappa shape index (κ3) is 2.72. The third-order valence-electron chi connectivity index (χ3n) is 3.53. The molecular formula is C17H13N5OS. The maximum atomic E-state index is 12.3. The average Bonchev–Trinajstić information content (AvgIpc) is 3.21. The maximum Gasteiger partial charge on any atom is 0.275 e. The molecule has 0 aliphatic heterocycles. The largest absolute Gasteiger partial charge is 0.375 e. The molecule has 0 aliphatic rings. The van der Waals surface area contributed by atoms with Gasteiger partial charge in [-0.25, -0.2) is 9.97 Å². The van der Waals surface area contributed by atoms with Gasteiger partial charge in [-0.3, -0.25) is 4.79 Å². The van der Waals surface area contributed by atoms with Crippen molar-refractivity contribution in [2.45, 2.75) is 0 Å². The molecule has 3 N–H and O–H groups in total. The molecule has 0 saturated heterocycles. The van der Waals surface area contributed by atoms with Gasteiger partial charge in [-0.15, -0.1) is 11.3 Å². The number of imidazole rings is 1. The van der Waals surface area contributed by atoms with E-state index in [1.807, 2.05) is 58.4 Å². The fraction of sp³-hybridized carbons (Fsp3) is 0. The zero-order chi connectivity index (χ0) is 16.5. The van der Waals surface area contributed by atoms with Crippen LogP contribution in [0, 0.1) is 0 Å². The van der Waals surface area contributed by atoms with Gasteiger partial charge in [-0.1, -0.05) is 18.2 Å². The van der Waals surface area contributed by atoms with Crippen molar-refractivity contribution >= 4 is 33.7 Å². The first-order valence-electron chi connectivity index (χ1n) is 7.25. The number of nitrogens with zero attached hydrogens (tertiary/aromatic N) is 3. The second-order valence-electron chi connectivity index (χ2n) is 5.20. The minimum atomic E-state index is -0.246. The summed E-state index contributed by atoms with van der Waals surface area (Å²) in [6.07, 6.45) is 3.59. The highest BCUT2D eigenvalue weighted by atomic mass is 32.1. The number of carbonyl (C=O) groups is 1. The summed E-state index contributed by atoms with van der Waals surface area (Å²) in [5.41, 5.74) is 9.19. The van der Waals surface area contributed by atoms with E-state index in [0.717, 1.165) is 16.9 Å². The predicted octanol–water partition coefficient (Wildman–Crippen LogP) is 3.29. The van der Waals surface area contributed by atoms with Crippen LogP contribution >= 0.6 is 11.3 Å². The lowest BCUT2D eigenvalue weighted by molar-refractivity contribution is 0.102. The van der Waals surface area contributed by atoms with E-state index in [9.17, 15) is 4.79 Å². The van der Waals surface area contributed by atoms with Crippen molar-refractivity contribution in [2.24, 2.45) is 0 Å². The molecule has 24 heavy (non-hydrogen) atoms. The summed E-state index contributed by atoms with van der Waals surface area (Å²) in [6.45, 7) is 0. The number of aromatic nitrogens is 3. The van der Waals surface area contributed by atoms with E-state index < -0.39 is 0 Å². The Morgan fingerprint density at radius 3 is 2.67 bits per heavy atom. The van der Waals surface area contributed by atoms with E-state index in [1.165, 1.54) is 11.3 Å². The van der Waals surface area contributed by atoms with Crippen LogP contribution in [0.2, 0.25) is 0 Å². The molecule has 0 bridgehead atoms. The summed E-state index contributed by atoms with van der Waals surface area (Å²) < 4.78 is 1.81. The van der Waals surface area contributed by atoms with Gasteiger partial charge in [0.15, 0.2) is 5.13 Å². The fourth-order valence-corrected chi connectivity index (χ4v) is 2.96. The quantitative estimate of drug-likeness (QED) is 0.601. The summed E-state index contributed by atoms with van der Waals surface area (Å²) in [5, 5.41) is 5.25. The number of nitrogens with one attached hydrogen (secondary N) is 1. The number of nitrogens with two attached hydrogens (primary N) is 1. The van der Waals surface area contributed by atoms with Gasteiger partial charge in [0.05, 0.1) is 5.69 Å². The van der Waals surface area contributed by atoms with Crippen LogP contribution in [0.15, 0.2) is 60.2 Å². The molecule has 0 aliphatic carbocycles. The number of carbonyl (C=O) groups excluding carboxylic acids is 1. The van der Waals surface area contributed by atoms with Crippen LogP contribution in [0.25, 0.3) is 16.9 Å². The molecule has 1 aromatic carbocycles. The van der Waals surface area contributed by atoms with Crippen LogP contribution in [0.1, 0.15) is 10.5 Å². The Bertz CT molecular complexity index is 1020. The van der Waals surface area contributed by atoms with Crippen LogP contribution in [0.5, 0.6) is 0 Å². The van der Waals surface area contributed by atoms with Gasteiger partial charge in [-0.05, 0) is 24.3 Å². The van der Waals surface area contributed by atoms with E-state index in [4.69, 9.17) is 5.73 Å². The van der Waals surface area contributed by atoms with E-state index in [2.05, 4.69) is 15.3 Å². The lowest BCUT2D eigenvalue weighted by Gasteiger charge is -2.01. The standard InChI is InChI=1S/C17H13N5OS/c18-17-21-14(10-24-17)11-6-7-15-20-13(9-22(15)8-11)16(23)19-12-4-2-1-3-5-12/h1-10H,(H2,18,21)(H,19,23). The third-order valence-corrected chi connectivity index (χ3v) is 4.21. The van der Waals surface area contributed by atoms with Crippen molar-refractivity contribution in [3.05, 3.63) is 65.9 Å². The lowest BCUT2D eigenvalue weighted by atomic mass is 10.2. The monoisotopic (exact) mass is 335 g/mol. The Kier molecular flexibility index (Phi) is 3.47. The molecule has 0 fully saturated rings. The molecule has 0 atom stereocenters. The summed E-state index contributed by atoms with van der Waals surface area (Å²) in [4.78, 5) is 21.0. The van der Waals surface area contributed by atoms with Crippen molar-refractivity contribution in [3.8, 4) is 11.3 Å². The Morgan fingerprint density at radius 1 is 1.08 bits per heavy atom. The summed E-state index contributed by atoms with van der Waals surface area (Å²) in [6, 6.07) is 13.1. The molecule has 4 rings (SSSR count). The first-order chi connectivity index (χ1) is 11.7. The molecule has 0 spiro atoms. The van der Waals surface area contributed by atoms with Crippen LogP contribution < -0.4 is 11.1 Å². The number of nitrogen functional groups attached to an aromatic ring is 1. The van der Waals surface area contributed by atoms with Gasteiger partial charge < -0.3 is 15.5 Å². The molecule has 118 valence electrons. The molecule has 1 amide bonds. The Balaban J connectivity index is 1.64. The van der Waals surface area contributed by atoms with E-state index in [-0.39, 0.29) is 5.91 Å². The molecule has 3 aromatic heterocycles. The molecule has 6 nitrogen and oxygen atoms in total. The normalized spacial score (nSPS) is 10.8. The average molecular weight is 335 g/mol. The van der Waals surface area contributed by atoms with E-state index in [0.29, 0.717) is 16.5 Å². The number of hydrogen-bond acceptors (Lipinski definition) is 5. The van der Waals surface area contributed by atoms with Gasteiger partial charge in [0, 0.05) is 29.0 Å². The first-order valence-corrected chi connectivity index (χ1v) is 8.13. The van der Waals surface area contributed by atoms with Crippen molar-refractivity contribution in [1.29, 1.82) is 0 Å². The van der Waals surface area contributed by atoms with Gasteiger partial charge in [0.1, 0.15) is 11.3 Å². The highest BCUT2D eigenvalue weighted by molar-refractivity contribution is 7.13. The smallest absolute Gasteiger partial charge is 0.275 e. The van der Waals surface area contributed by atoms with Gasteiger partial charge in [0.25, 0.3) is 5.91 Å². The summed E-state index contributed by atoms with van der Waals surface area (Å²) >= 11 is 1.39. The molecule has 0 unspecified atom stereocenters. The Morgan fingerprint density at radius 2 is 1.92 bits per heavy atom. The van der Waals surface area contributed by atoms with Crippen molar-refractivity contribution in [1.82, 2.24) is 14.4 Å². The molecule has 4 aromatic rings. The number of pyridine rings is 1. The van der Waals surface area contributed by atoms with Crippen molar-refractivity contribution in [2.75, 3.05) is 11.1 Å². The van der Waals surface area contributed by atoms with E-state index in [1.54, 1.807) is 6.20 Å². The summed E-state index contributed by atoms with van der Waals surface area (Å²) in [5.74, 6) is -0.246. The van der Waals surface area contributed by atoms with Crippen molar-refractivity contribution in [3.63, 3.8) is 0 Å². The van der Waals surface area contributed by atoms with Crippen LogP contribution in [0.4, 0.5) is 10.8 Å². The zero-order valence-corrected chi connectivity index (χ0v) is 13.3. The minimum absolute atomic E-state index is 0.246. The molecule has 0 saturated carbocycles. The number of fused-ring (bicyclic) bond motifs is 1. The van der Waals surface area contributed by atoms with Gasteiger partial charge >= 0.3 is 0 Å². The molecule has 0 radical (unpaired) electrons. The second kappa shape index (κ2) is 5.78. The minimum Gasteiger partial charge on any atom is -0.375 e. The lowest BCUT2D eigenvalue weighted by Crippen LogP contribution is -2.11. The number of thiazole rings is 1. The van der Waals surface area contributed by atoms with Crippen LogP contribution in [-0.2, 0) is 0 Å². The Labute approximate surface area is 141 Å². The van der Waals surface area contributed by atoms with Crippen molar-refractivity contribution < 1.29 is 4.79 Å². The number of benzene rings is 1. The zero-order valence-electron chi connectivity index (χ0n) is 12.5. The number of amides is 1. The SMILES string of the molecule is Nc1nc(-c2ccc3nc(C(=O)Nc4ccccc4)cn3c2)cs1. The number of anilines is 2. The Hall–Kier alpha value is -3.19. The van der Waals surface area contributed by atoms with Gasteiger partial charge in [0.2, 0.25) is 0 Å². The highest BCUT2D eigenvalue weighted by Crippen LogP contribution is 2.23. The summed E-state index contributed by atoms with van der Waals surface area (Å²) in [7, 11) is 0. The molecular weight excluding hydrogens is 322 g/mol. The highest BCUT2D eigenvalue weighted by Gasteiger charge is 2.12. The topological polar surface area (TPSA) is 85.3 Å². The van der Waals surface area contributed by atoms with Gasteiger partial charge in [-0.2, -0.15) is 0 Å². The molecule has 3 heterocycles. The first kappa shape index (κ1) is 14.4. The van der Waals surface area contributed by atoms with Crippen LogP contribution in [0.3, 0.4) is 0 Å². The van der Waals surface area contributed by atoms with E-state index >= 15 is 0 Å². The number of para-hydroxylation sites is 1. The maximum absolute atomic E-state index is 12.3. The second-order valence-corrected chi connectivity index (χ2v) is 6.09. The molecule has 7 heteroatoms. The fourth-order valence-electron chi connectivity index (χ4n) is 2.39. The number of hydrogen-bond donors (Lipinski definition) is 2. The predicted molar refractivity (Wildman–Crippen MR) is 95.1 cm³/mol. The van der Waals surface area contributed by atoms with Crippen LogP contribution in [-0.4, -0.2) is 20.3 Å².